The third-order valence-corrected chi connectivity index (χ3v) is 6.79. The Morgan fingerprint density at radius 3 is 2.48 bits per heavy atom. The van der Waals surface area contributed by atoms with Crippen molar-refractivity contribution in [3.05, 3.63) is 54.4 Å². The van der Waals surface area contributed by atoms with Crippen molar-refractivity contribution in [3.8, 4) is 0 Å². The second kappa shape index (κ2) is 10.7. The first-order valence-electron chi connectivity index (χ1n) is 10.0. The second-order valence-electron chi connectivity index (χ2n) is 7.37. The molecule has 0 saturated heterocycles. The smallest absolute Gasteiger partial charge is 0.319 e. The molecule has 0 spiro atoms. The number of hydrogen-bond acceptors (Lipinski definition) is 6. The summed E-state index contributed by atoms with van der Waals surface area (Å²) in [4.78, 5) is 16.2. The van der Waals surface area contributed by atoms with E-state index in [1.165, 1.54) is 12.1 Å². The summed E-state index contributed by atoms with van der Waals surface area (Å²) in [5.74, 6) is 0. The Morgan fingerprint density at radius 1 is 1.10 bits per heavy atom. The van der Waals surface area contributed by atoms with Gasteiger partial charge >= 0.3 is 6.03 Å². The number of nitrogens with one attached hydrogen (secondary N) is 3. The number of amides is 2. The lowest BCUT2D eigenvalue weighted by Gasteiger charge is -2.34. The summed E-state index contributed by atoms with van der Waals surface area (Å²) in [6.45, 7) is 0.337. The maximum atomic E-state index is 12.8. The highest BCUT2D eigenvalue weighted by Gasteiger charge is 2.33. The van der Waals surface area contributed by atoms with E-state index in [0.29, 0.717) is 25.1 Å². The van der Waals surface area contributed by atoms with Gasteiger partial charge in [0.15, 0.2) is 0 Å². The molecule has 9 nitrogen and oxygen atoms in total. The van der Waals surface area contributed by atoms with Gasteiger partial charge in [0.1, 0.15) is 0 Å². The van der Waals surface area contributed by atoms with Crippen molar-refractivity contribution in [3.63, 3.8) is 0 Å². The third-order valence-electron chi connectivity index (χ3n) is 5.26. The predicted molar refractivity (Wildman–Crippen MR) is 116 cm³/mol. The molecule has 0 bridgehead atoms. The number of methoxy groups -OCH3 is 2. The molecule has 0 radical (unpaired) electrons. The Kier molecular flexibility index (Phi) is 7.97. The van der Waals surface area contributed by atoms with Gasteiger partial charge in [0.2, 0.25) is 10.0 Å². The summed E-state index contributed by atoms with van der Waals surface area (Å²) >= 11 is 0. The van der Waals surface area contributed by atoms with Gasteiger partial charge in [-0.1, -0.05) is 6.07 Å². The van der Waals surface area contributed by atoms with Gasteiger partial charge in [0.05, 0.1) is 17.1 Å². The van der Waals surface area contributed by atoms with E-state index in [2.05, 4.69) is 20.3 Å². The van der Waals surface area contributed by atoms with Crippen LogP contribution in [0.25, 0.3) is 0 Å². The Balaban J connectivity index is 1.54. The van der Waals surface area contributed by atoms with E-state index < -0.39 is 16.1 Å². The van der Waals surface area contributed by atoms with Crippen LogP contribution in [0.3, 0.4) is 0 Å². The van der Waals surface area contributed by atoms with Crippen LogP contribution in [0.1, 0.15) is 24.8 Å². The average molecular weight is 449 g/mol. The predicted octanol–water partition coefficient (Wildman–Crippen LogP) is 2.26. The molecule has 1 aromatic carbocycles. The monoisotopic (exact) mass is 448 g/mol. The molecule has 1 aliphatic carbocycles. The summed E-state index contributed by atoms with van der Waals surface area (Å²) in [5, 5.41) is 5.40. The molecule has 10 heteroatoms. The molecule has 2 aromatic rings. The van der Waals surface area contributed by atoms with Gasteiger partial charge in [-0.3, -0.25) is 4.98 Å². The SMILES string of the molecule is COC1CCC(NS(=O)(=O)c2ccc(NC(=O)NCc3cccnc3)cc2)CC1OC. The topological polar surface area (TPSA) is 119 Å². The summed E-state index contributed by atoms with van der Waals surface area (Å²) in [6, 6.07) is 9.07. The van der Waals surface area contributed by atoms with Crippen molar-refractivity contribution in [1.29, 1.82) is 0 Å². The third kappa shape index (κ3) is 6.47. The standard InChI is InChI=1S/C21H28N4O5S/c1-29-19-10-7-17(12-20(19)30-2)25-31(27,28)18-8-5-16(6-9-18)24-21(26)23-14-15-4-3-11-22-13-15/h3-6,8-9,11,13,17,19-20,25H,7,10,12,14H2,1-2H3,(H2,23,24,26). The van der Waals surface area contributed by atoms with Crippen molar-refractivity contribution in [1.82, 2.24) is 15.0 Å². The van der Waals surface area contributed by atoms with Crippen molar-refractivity contribution in [2.45, 2.75) is 49.0 Å². The number of anilines is 1. The Labute approximate surface area is 182 Å². The van der Waals surface area contributed by atoms with Crippen LogP contribution in [0.15, 0.2) is 53.7 Å². The number of sulfonamides is 1. The number of nitrogens with zero attached hydrogens (tertiary/aromatic N) is 1. The number of pyridine rings is 1. The van der Waals surface area contributed by atoms with E-state index in [-0.39, 0.29) is 23.1 Å². The molecular weight excluding hydrogens is 420 g/mol. The van der Waals surface area contributed by atoms with Gasteiger partial charge in [-0.2, -0.15) is 0 Å². The number of ether oxygens (including phenoxy) is 2. The molecule has 1 fully saturated rings. The molecule has 1 saturated carbocycles. The Hall–Kier alpha value is -2.53. The molecule has 3 N–H and O–H groups in total. The van der Waals surface area contributed by atoms with Crippen LogP contribution in [-0.2, 0) is 26.0 Å². The highest BCUT2D eigenvalue weighted by molar-refractivity contribution is 7.89. The first kappa shape index (κ1) is 23.1. The lowest BCUT2D eigenvalue weighted by Crippen LogP contribution is -2.46. The van der Waals surface area contributed by atoms with E-state index >= 15 is 0 Å². The first-order valence-corrected chi connectivity index (χ1v) is 11.5. The molecular formula is C21H28N4O5S. The number of aromatic nitrogens is 1. The fraction of sp³-hybridized carbons (Fsp3) is 0.429. The lowest BCUT2D eigenvalue weighted by atomic mass is 9.91. The molecule has 3 unspecified atom stereocenters. The molecule has 1 heterocycles. The molecule has 3 rings (SSSR count). The van der Waals surface area contributed by atoms with Crippen molar-refractivity contribution in [2.75, 3.05) is 19.5 Å². The number of benzene rings is 1. The molecule has 168 valence electrons. The number of rotatable bonds is 8. The highest BCUT2D eigenvalue weighted by atomic mass is 32.2. The van der Waals surface area contributed by atoms with Crippen LogP contribution in [0, 0.1) is 0 Å². The minimum atomic E-state index is -3.69. The summed E-state index contributed by atoms with van der Waals surface area (Å²) in [6.07, 6.45) is 5.10. The van der Waals surface area contributed by atoms with E-state index in [1.807, 2.05) is 6.07 Å². The maximum Gasteiger partial charge on any atom is 0.319 e. The van der Waals surface area contributed by atoms with E-state index in [0.717, 1.165) is 12.0 Å². The quantitative estimate of drug-likeness (QED) is 0.570. The van der Waals surface area contributed by atoms with E-state index in [4.69, 9.17) is 9.47 Å². The van der Waals surface area contributed by atoms with Gasteiger partial charge in [0.25, 0.3) is 0 Å². The van der Waals surface area contributed by atoms with Crippen LogP contribution < -0.4 is 15.4 Å². The Morgan fingerprint density at radius 2 is 1.84 bits per heavy atom. The average Bonchev–Trinajstić information content (AvgIpc) is 2.78. The lowest BCUT2D eigenvalue weighted by molar-refractivity contribution is -0.0628. The summed E-state index contributed by atoms with van der Waals surface area (Å²) in [7, 11) is -0.451. The van der Waals surface area contributed by atoms with Crippen LogP contribution in [-0.4, -0.2) is 51.9 Å². The number of carbonyl (C=O) groups excluding carboxylic acids is 1. The van der Waals surface area contributed by atoms with Crippen LogP contribution in [0.5, 0.6) is 0 Å². The normalized spacial score (nSPS) is 21.4. The van der Waals surface area contributed by atoms with Crippen LogP contribution in [0.2, 0.25) is 0 Å². The summed E-state index contributed by atoms with van der Waals surface area (Å²) < 4.78 is 39.1. The molecule has 1 aromatic heterocycles. The summed E-state index contributed by atoms with van der Waals surface area (Å²) in [5.41, 5.74) is 1.36. The maximum absolute atomic E-state index is 12.8. The molecule has 3 atom stereocenters. The largest absolute Gasteiger partial charge is 0.379 e. The minimum Gasteiger partial charge on any atom is -0.379 e. The van der Waals surface area contributed by atoms with E-state index in [9.17, 15) is 13.2 Å². The van der Waals surface area contributed by atoms with Crippen molar-refractivity contribution in [2.24, 2.45) is 0 Å². The van der Waals surface area contributed by atoms with Gasteiger partial charge in [-0.15, -0.1) is 0 Å². The molecule has 31 heavy (non-hydrogen) atoms. The fourth-order valence-corrected chi connectivity index (χ4v) is 4.87. The van der Waals surface area contributed by atoms with Gasteiger partial charge in [-0.25, -0.2) is 17.9 Å². The van der Waals surface area contributed by atoms with Gasteiger partial charge in [-0.05, 0) is 55.2 Å². The zero-order valence-corrected chi connectivity index (χ0v) is 18.4. The molecule has 0 aliphatic heterocycles. The number of urea groups is 1. The van der Waals surface area contributed by atoms with Crippen molar-refractivity contribution < 1.29 is 22.7 Å². The van der Waals surface area contributed by atoms with Gasteiger partial charge < -0.3 is 20.1 Å². The van der Waals surface area contributed by atoms with E-state index in [1.54, 1.807) is 44.8 Å². The number of hydrogen-bond donors (Lipinski definition) is 3. The zero-order valence-electron chi connectivity index (χ0n) is 17.6. The zero-order chi connectivity index (χ0) is 22.3. The second-order valence-corrected chi connectivity index (χ2v) is 9.09. The van der Waals surface area contributed by atoms with Gasteiger partial charge in [0, 0.05) is 44.9 Å². The highest BCUT2D eigenvalue weighted by Crippen LogP contribution is 2.25. The first-order chi connectivity index (χ1) is 14.9. The van der Waals surface area contributed by atoms with Crippen molar-refractivity contribution >= 4 is 21.7 Å². The Bertz CT molecular complexity index is 953. The van der Waals surface area contributed by atoms with Crippen LogP contribution in [0.4, 0.5) is 10.5 Å². The number of carbonyl (C=O) groups is 1. The molecule has 2 amide bonds. The molecule has 1 aliphatic rings. The van der Waals surface area contributed by atoms with Crippen LogP contribution >= 0.6 is 0 Å². The fourth-order valence-electron chi connectivity index (χ4n) is 3.59. The minimum absolute atomic E-state index is 0.0274.